The number of benzene rings is 2. The van der Waals surface area contributed by atoms with Gasteiger partial charge in [-0.3, -0.25) is 0 Å². The summed E-state index contributed by atoms with van der Waals surface area (Å²) in [6.45, 7) is -0.0910. The van der Waals surface area contributed by atoms with Gasteiger partial charge in [0.2, 0.25) is 0 Å². The van der Waals surface area contributed by atoms with E-state index in [0.29, 0.717) is 11.7 Å². The molecule has 0 aliphatic heterocycles. The molecule has 31 heavy (non-hydrogen) atoms. The molecular formula is C27H25NO3. The van der Waals surface area contributed by atoms with E-state index in [2.05, 4.69) is 65.2 Å². The number of aromatic nitrogens is 1. The molecule has 1 aliphatic carbocycles. The number of carbonyl (C=O) groups excluding carboxylic acids is 1. The standard InChI is InChI=1S/C27H25NO3/c1-30-27(29)18-31-26-12-7-15-28-24(23(17-25(26)28)20-13-14-20)16-21-10-5-6-11-22(21)19-8-3-2-4-9-19/h2-12,15,17,20H,13-14,16,18H2,1H3. The predicted octanol–water partition coefficient (Wildman–Crippen LogP) is 5.63. The number of pyridine rings is 1. The van der Waals surface area contributed by atoms with Gasteiger partial charge in [0.1, 0.15) is 5.75 Å². The average Bonchev–Trinajstić information content (AvgIpc) is 3.60. The quantitative estimate of drug-likeness (QED) is 0.370. The zero-order chi connectivity index (χ0) is 21.2. The molecule has 1 fully saturated rings. The molecule has 0 unspecified atom stereocenters. The normalized spacial score (nSPS) is 13.3. The second kappa shape index (κ2) is 8.31. The van der Waals surface area contributed by atoms with Crippen molar-refractivity contribution in [3.05, 3.63) is 95.8 Å². The topological polar surface area (TPSA) is 39.9 Å². The first-order valence-electron chi connectivity index (χ1n) is 10.7. The Morgan fingerprint density at radius 1 is 1.00 bits per heavy atom. The van der Waals surface area contributed by atoms with Crippen LogP contribution in [0.4, 0.5) is 0 Å². The highest BCUT2D eigenvalue weighted by Gasteiger charge is 2.29. The first kappa shape index (κ1) is 19.4. The molecule has 1 saturated carbocycles. The smallest absolute Gasteiger partial charge is 0.343 e. The lowest BCUT2D eigenvalue weighted by Gasteiger charge is -2.13. The lowest BCUT2D eigenvalue weighted by molar-refractivity contribution is -0.142. The molecule has 5 rings (SSSR count). The van der Waals surface area contributed by atoms with Crippen molar-refractivity contribution in [2.24, 2.45) is 0 Å². The van der Waals surface area contributed by atoms with E-state index in [9.17, 15) is 4.79 Å². The third-order valence-electron chi connectivity index (χ3n) is 5.96. The Morgan fingerprint density at radius 2 is 1.77 bits per heavy atom. The van der Waals surface area contributed by atoms with Gasteiger partial charge in [0.25, 0.3) is 0 Å². The number of hydrogen-bond acceptors (Lipinski definition) is 3. The fourth-order valence-corrected chi connectivity index (χ4v) is 4.25. The lowest BCUT2D eigenvalue weighted by atomic mass is 9.95. The number of esters is 1. The molecule has 0 saturated heterocycles. The Kier molecular flexibility index (Phi) is 5.21. The first-order valence-corrected chi connectivity index (χ1v) is 10.7. The molecule has 2 aromatic heterocycles. The largest absolute Gasteiger partial charge is 0.480 e. The fourth-order valence-electron chi connectivity index (χ4n) is 4.25. The van der Waals surface area contributed by atoms with Crippen LogP contribution in [0, 0.1) is 0 Å². The Bertz CT molecular complexity index is 1220. The Balaban J connectivity index is 1.57. The lowest BCUT2D eigenvalue weighted by Crippen LogP contribution is -2.12. The van der Waals surface area contributed by atoms with Crippen LogP contribution < -0.4 is 4.74 Å². The van der Waals surface area contributed by atoms with E-state index in [0.717, 1.165) is 11.9 Å². The third-order valence-corrected chi connectivity index (χ3v) is 5.96. The number of ether oxygens (including phenoxy) is 2. The molecule has 2 aromatic carbocycles. The SMILES string of the molecule is COC(=O)COc1cccn2c(Cc3ccccc3-c3ccccc3)c(C3CC3)cc12. The van der Waals surface area contributed by atoms with Crippen LogP contribution in [0.25, 0.3) is 16.6 Å². The minimum atomic E-state index is -0.381. The summed E-state index contributed by atoms with van der Waals surface area (Å²) in [4.78, 5) is 11.6. The molecule has 4 heteroatoms. The van der Waals surface area contributed by atoms with Crippen molar-refractivity contribution in [2.75, 3.05) is 13.7 Å². The number of methoxy groups -OCH3 is 1. The number of rotatable bonds is 7. The van der Waals surface area contributed by atoms with Crippen LogP contribution in [0.5, 0.6) is 5.75 Å². The predicted molar refractivity (Wildman–Crippen MR) is 122 cm³/mol. The Hall–Kier alpha value is -3.53. The molecule has 1 aliphatic rings. The minimum Gasteiger partial charge on any atom is -0.480 e. The van der Waals surface area contributed by atoms with Gasteiger partial charge in [-0.15, -0.1) is 0 Å². The van der Waals surface area contributed by atoms with Crippen LogP contribution in [0.1, 0.15) is 35.6 Å². The summed E-state index contributed by atoms with van der Waals surface area (Å²) >= 11 is 0. The molecule has 4 nitrogen and oxygen atoms in total. The van der Waals surface area contributed by atoms with E-state index in [4.69, 9.17) is 9.47 Å². The number of fused-ring (bicyclic) bond motifs is 1. The van der Waals surface area contributed by atoms with Gasteiger partial charge in [-0.05, 0) is 59.2 Å². The van der Waals surface area contributed by atoms with Crippen LogP contribution in [0.15, 0.2) is 79.0 Å². The van der Waals surface area contributed by atoms with Gasteiger partial charge < -0.3 is 13.9 Å². The zero-order valence-corrected chi connectivity index (χ0v) is 17.6. The van der Waals surface area contributed by atoms with Gasteiger partial charge in [0.15, 0.2) is 6.61 Å². The van der Waals surface area contributed by atoms with Crippen LogP contribution in [-0.4, -0.2) is 24.1 Å². The monoisotopic (exact) mass is 411 g/mol. The second-order valence-corrected chi connectivity index (χ2v) is 8.01. The maximum atomic E-state index is 11.6. The van der Waals surface area contributed by atoms with E-state index in [1.54, 1.807) is 0 Å². The number of hydrogen-bond donors (Lipinski definition) is 0. The molecule has 0 radical (unpaired) electrons. The van der Waals surface area contributed by atoms with Gasteiger partial charge in [-0.2, -0.15) is 0 Å². The summed E-state index contributed by atoms with van der Waals surface area (Å²) in [6, 6.07) is 25.3. The Morgan fingerprint density at radius 3 is 2.55 bits per heavy atom. The second-order valence-electron chi connectivity index (χ2n) is 8.01. The van der Waals surface area contributed by atoms with Crippen molar-refractivity contribution in [3.8, 4) is 16.9 Å². The average molecular weight is 412 g/mol. The molecule has 156 valence electrons. The molecule has 0 N–H and O–H groups in total. The number of nitrogens with zero attached hydrogens (tertiary/aromatic N) is 1. The molecule has 0 atom stereocenters. The third kappa shape index (κ3) is 3.93. The summed E-state index contributed by atoms with van der Waals surface area (Å²) in [5, 5.41) is 0. The van der Waals surface area contributed by atoms with E-state index in [-0.39, 0.29) is 12.6 Å². The van der Waals surface area contributed by atoms with Gasteiger partial charge in [-0.1, -0.05) is 54.6 Å². The minimum absolute atomic E-state index is 0.0910. The molecule has 0 amide bonds. The van der Waals surface area contributed by atoms with Gasteiger partial charge in [-0.25, -0.2) is 4.79 Å². The molecule has 0 spiro atoms. The van der Waals surface area contributed by atoms with Crippen molar-refractivity contribution in [2.45, 2.75) is 25.2 Å². The van der Waals surface area contributed by atoms with Crippen molar-refractivity contribution >= 4 is 11.5 Å². The summed E-state index contributed by atoms with van der Waals surface area (Å²) in [5.41, 5.74) is 7.48. The molecule has 2 heterocycles. The fraction of sp³-hybridized carbons (Fsp3) is 0.222. The molecular weight excluding hydrogens is 386 g/mol. The van der Waals surface area contributed by atoms with E-state index in [1.165, 1.54) is 47.9 Å². The van der Waals surface area contributed by atoms with Gasteiger partial charge >= 0.3 is 5.97 Å². The summed E-state index contributed by atoms with van der Waals surface area (Å²) in [6.07, 6.45) is 5.38. The maximum absolute atomic E-state index is 11.6. The summed E-state index contributed by atoms with van der Waals surface area (Å²) in [7, 11) is 1.37. The van der Waals surface area contributed by atoms with Gasteiger partial charge in [0.05, 0.1) is 12.6 Å². The highest BCUT2D eigenvalue weighted by Crippen LogP contribution is 2.44. The van der Waals surface area contributed by atoms with Crippen LogP contribution in [0.2, 0.25) is 0 Å². The van der Waals surface area contributed by atoms with Crippen molar-refractivity contribution in [3.63, 3.8) is 0 Å². The summed E-state index contributed by atoms with van der Waals surface area (Å²) in [5.74, 6) is 0.928. The van der Waals surface area contributed by atoms with Crippen LogP contribution >= 0.6 is 0 Å². The maximum Gasteiger partial charge on any atom is 0.343 e. The highest BCUT2D eigenvalue weighted by molar-refractivity contribution is 5.72. The van der Waals surface area contributed by atoms with Crippen LogP contribution in [0.3, 0.4) is 0 Å². The molecule has 0 bridgehead atoms. The van der Waals surface area contributed by atoms with Crippen molar-refractivity contribution in [1.29, 1.82) is 0 Å². The first-order chi connectivity index (χ1) is 15.2. The van der Waals surface area contributed by atoms with Crippen molar-refractivity contribution < 1.29 is 14.3 Å². The van der Waals surface area contributed by atoms with E-state index < -0.39 is 0 Å². The summed E-state index contributed by atoms with van der Waals surface area (Å²) < 4.78 is 12.7. The Labute approximate surface area is 182 Å². The van der Waals surface area contributed by atoms with Gasteiger partial charge in [0, 0.05) is 18.3 Å². The van der Waals surface area contributed by atoms with Crippen molar-refractivity contribution in [1.82, 2.24) is 4.40 Å². The van der Waals surface area contributed by atoms with E-state index in [1.807, 2.05) is 18.2 Å². The van der Waals surface area contributed by atoms with Crippen LogP contribution in [-0.2, 0) is 16.0 Å². The molecule has 4 aromatic rings. The highest BCUT2D eigenvalue weighted by atomic mass is 16.6. The van der Waals surface area contributed by atoms with E-state index >= 15 is 0 Å². The number of carbonyl (C=O) groups is 1. The zero-order valence-electron chi connectivity index (χ0n) is 17.6.